The van der Waals surface area contributed by atoms with Gasteiger partial charge in [0.05, 0.1) is 24.3 Å². The summed E-state index contributed by atoms with van der Waals surface area (Å²) in [4.78, 5) is 32.4. The van der Waals surface area contributed by atoms with Crippen molar-refractivity contribution in [3.8, 4) is 0 Å². The van der Waals surface area contributed by atoms with Crippen molar-refractivity contribution < 1.29 is 9.53 Å². The van der Waals surface area contributed by atoms with Crippen molar-refractivity contribution in [2.75, 3.05) is 62.3 Å². The summed E-state index contributed by atoms with van der Waals surface area (Å²) in [5, 5.41) is 1.08. The standard InChI is InChI=1S/C22H24N6O2/c29-22(28-11-13-30-14-12-28)17-5-6-20(23-15-17)26-7-9-27(10-8-26)21-18-3-1-2-4-19(18)24-16-25-21/h1-6,15-16H,7-14H2. The Kier molecular flexibility index (Phi) is 5.15. The lowest BCUT2D eigenvalue weighted by molar-refractivity contribution is 0.0302. The number of hydrogen-bond acceptors (Lipinski definition) is 7. The molecule has 0 bridgehead atoms. The zero-order chi connectivity index (χ0) is 20.3. The molecule has 154 valence electrons. The Bertz CT molecular complexity index is 1020. The lowest BCUT2D eigenvalue weighted by Gasteiger charge is -2.36. The highest BCUT2D eigenvalue weighted by Crippen LogP contribution is 2.24. The fourth-order valence-corrected chi connectivity index (χ4v) is 4.04. The van der Waals surface area contributed by atoms with E-state index in [0.29, 0.717) is 31.9 Å². The van der Waals surface area contributed by atoms with Crippen molar-refractivity contribution in [2.45, 2.75) is 0 Å². The molecule has 4 heterocycles. The Balaban J connectivity index is 1.25. The summed E-state index contributed by atoms with van der Waals surface area (Å²) in [7, 11) is 0. The van der Waals surface area contributed by atoms with Crippen molar-refractivity contribution in [3.63, 3.8) is 0 Å². The molecule has 2 aliphatic rings. The van der Waals surface area contributed by atoms with Gasteiger partial charge in [-0.1, -0.05) is 12.1 Å². The van der Waals surface area contributed by atoms with Gasteiger partial charge in [-0.15, -0.1) is 0 Å². The number of carbonyl (C=O) groups excluding carboxylic acids is 1. The number of hydrogen-bond donors (Lipinski definition) is 0. The van der Waals surface area contributed by atoms with E-state index >= 15 is 0 Å². The molecule has 0 N–H and O–H groups in total. The number of anilines is 2. The van der Waals surface area contributed by atoms with Gasteiger partial charge in [-0.3, -0.25) is 4.79 Å². The molecule has 0 spiro atoms. The second-order valence-electron chi connectivity index (χ2n) is 7.50. The molecule has 2 fully saturated rings. The Morgan fingerprint density at radius 1 is 0.833 bits per heavy atom. The van der Waals surface area contributed by atoms with Gasteiger partial charge in [-0.2, -0.15) is 0 Å². The van der Waals surface area contributed by atoms with Crippen LogP contribution in [0.2, 0.25) is 0 Å². The normalized spacial score (nSPS) is 17.4. The Morgan fingerprint density at radius 2 is 1.60 bits per heavy atom. The first kappa shape index (κ1) is 18.7. The molecule has 0 aliphatic carbocycles. The third kappa shape index (κ3) is 3.66. The maximum atomic E-state index is 12.6. The molecule has 0 atom stereocenters. The molecule has 8 nitrogen and oxygen atoms in total. The van der Waals surface area contributed by atoms with E-state index < -0.39 is 0 Å². The highest BCUT2D eigenvalue weighted by molar-refractivity contribution is 5.94. The summed E-state index contributed by atoms with van der Waals surface area (Å²) in [5.74, 6) is 1.91. The Hall–Kier alpha value is -3.26. The fourth-order valence-electron chi connectivity index (χ4n) is 4.04. The fraction of sp³-hybridized carbons (Fsp3) is 0.364. The number of morpholine rings is 1. The average molecular weight is 404 g/mol. The number of amides is 1. The van der Waals surface area contributed by atoms with Crippen LogP contribution in [0.4, 0.5) is 11.6 Å². The first-order valence-electron chi connectivity index (χ1n) is 10.3. The largest absolute Gasteiger partial charge is 0.378 e. The molecule has 1 aromatic carbocycles. The maximum Gasteiger partial charge on any atom is 0.255 e. The number of carbonyl (C=O) groups is 1. The van der Waals surface area contributed by atoms with Crippen LogP contribution in [0.3, 0.4) is 0 Å². The van der Waals surface area contributed by atoms with Gasteiger partial charge < -0.3 is 19.4 Å². The van der Waals surface area contributed by atoms with Crippen LogP contribution in [-0.4, -0.2) is 78.2 Å². The molecule has 1 amide bonds. The molecule has 2 saturated heterocycles. The van der Waals surface area contributed by atoms with Gasteiger partial charge in [-0.25, -0.2) is 15.0 Å². The van der Waals surface area contributed by atoms with Crippen LogP contribution in [0.1, 0.15) is 10.4 Å². The predicted octanol–water partition coefficient (Wildman–Crippen LogP) is 1.82. The van der Waals surface area contributed by atoms with Crippen LogP contribution in [0.5, 0.6) is 0 Å². The molecule has 2 aliphatic heterocycles. The highest BCUT2D eigenvalue weighted by atomic mass is 16.5. The van der Waals surface area contributed by atoms with Gasteiger partial charge in [0.25, 0.3) is 5.91 Å². The number of fused-ring (bicyclic) bond motifs is 1. The lowest BCUT2D eigenvalue weighted by atomic mass is 10.2. The van der Waals surface area contributed by atoms with Crippen LogP contribution in [0.15, 0.2) is 48.9 Å². The SMILES string of the molecule is O=C(c1ccc(N2CCN(c3ncnc4ccccc34)CC2)nc1)N1CCOCC1. The van der Waals surface area contributed by atoms with Crippen LogP contribution in [0, 0.1) is 0 Å². The van der Waals surface area contributed by atoms with Gasteiger partial charge >= 0.3 is 0 Å². The first-order valence-corrected chi connectivity index (χ1v) is 10.3. The molecule has 3 aromatic rings. The van der Waals surface area contributed by atoms with Gasteiger partial charge in [0.15, 0.2) is 0 Å². The number of rotatable bonds is 3. The summed E-state index contributed by atoms with van der Waals surface area (Å²) < 4.78 is 5.32. The topological polar surface area (TPSA) is 74.7 Å². The summed E-state index contributed by atoms with van der Waals surface area (Å²) in [6.45, 7) is 5.89. The third-order valence-corrected chi connectivity index (χ3v) is 5.72. The van der Waals surface area contributed by atoms with E-state index in [4.69, 9.17) is 4.74 Å². The highest BCUT2D eigenvalue weighted by Gasteiger charge is 2.22. The minimum atomic E-state index is 0.0257. The number of para-hydroxylation sites is 1. The average Bonchev–Trinajstić information content (AvgIpc) is 2.84. The van der Waals surface area contributed by atoms with E-state index in [1.807, 2.05) is 35.2 Å². The molecule has 5 rings (SSSR count). The van der Waals surface area contributed by atoms with Crippen molar-refractivity contribution in [2.24, 2.45) is 0 Å². The number of benzene rings is 1. The van der Waals surface area contributed by atoms with Crippen molar-refractivity contribution in [3.05, 3.63) is 54.5 Å². The van der Waals surface area contributed by atoms with E-state index in [9.17, 15) is 4.79 Å². The van der Waals surface area contributed by atoms with Crippen LogP contribution >= 0.6 is 0 Å². The van der Waals surface area contributed by atoms with Crippen molar-refractivity contribution >= 4 is 28.4 Å². The zero-order valence-electron chi connectivity index (χ0n) is 16.8. The number of ether oxygens (including phenoxy) is 1. The summed E-state index contributed by atoms with van der Waals surface area (Å²) in [6.07, 6.45) is 3.33. The molecular formula is C22H24N6O2. The zero-order valence-corrected chi connectivity index (χ0v) is 16.8. The quantitative estimate of drug-likeness (QED) is 0.659. The predicted molar refractivity (Wildman–Crippen MR) is 115 cm³/mol. The van der Waals surface area contributed by atoms with E-state index in [-0.39, 0.29) is 5.91 Å². The monoisotopic (exact) mass is 404 g/mol. The van der Waals surface area contributed by atoms with Crippen LogP contribution in [-0.2, 0) is 4.74 Å². The van der Waals surface area contributed by atoms with E-state index in [2.05, 4.69) is 30.8 Å². The molecule has 0 unspecified atom stereocenters. The van der Waals surface area contributed by atoms with Gasteiger partial charge in [0.1, 0.15) is 18.0 Å². The maximum absolute atomic E-state index is 12.6. The molecule has 8 heteroatoms. The lowest BCUT2D eigenvalue weighted by Crippen LogP contribution is -2.47. The number of aromatic nitrogens is 3. The van der Waals surface area contributed by atoms with Crippen LogP contribution < -0.4 is 9.80 Å². The molecular weight excluding hydrogens is 380 g/mol. The number of pyridine rings is 1. The van der Waals surface area contributed by atoms with Gasteiger partial charge in [-0.05, 0) is 24.3 Å². The molecule has 0 radical (unpaired) electrons. The van der Waals surface area contributed by atoms with Gasteiger partial charge in [0, 0.05) is 50.9 Å². The smallest absolute Gasteiger partial charge is 0.255 e. The van der Waals surface area contributed by atoms with E-state index in [0.717, 1.165) is 48.7 Å². The van der Waals surface area contributed by atoms with Crippen molar-refractivity contribution in [1.82, 2.24) is 19.9 Å². The number of piperazine rings is 1. The minimum Gasteiger partial charge on any atom is -0.378 e. The third-order valence-electron chi connectivity index (χ3n) is 5.72. The number of nitrogens with zero attached hydrogens (tertiary/aromatic N) is 6. The Morgan fingerprint density at radius 3 is 2.37 bits per heavy atom. The molecule has 2 aromatic heterocycles. The second kappa shape index (κ2) is 8.23. The summed E-state index contributed by atoms with van der Waals surface area (Å²) in [5.41, 5.74) is 1.60. The van der Waals surface area contributed by atoms with Crippen molar-refractivity contribution in [1.29, 1.82) is 0 Å². The second-order valence-corrected chi connectivity index (χ2v) is 7.50. The first-order chi connectivity index (χ1) is 14.8. The van der Waals surface area contributed by atoms with E-state index in [1.54, 1.807) is 12.5 Å². The Labute approximate surface area is 175 Å². The van der Waals surface area contributed by atoms with E-state index in [1.165, 1.54) is 0 Å². The van der Waals surface area contributed by atoms with Crippen LogP contribution in [0.25, 0.3) is 10.9 Å². The minimum absolute atomic E-state index is 0.0257. The molecule has 0 saturated carbocycles. The summed E-state index contributed by atoms with van der Waals surface area (Å²) >= 11 is 0. The van der Waals surface area contributed by atoms with Gasteiger partial charge in [0.2, 0.25) is 0 Å². The summed E-state index contributed by atoms with van der Waals surface area (Å²) in [6, 6.07) is 11.9. The molecule has 30 heavy (non-hydrogen) atoms.